The van der Waals surface area contributed by atoms with Crippen LogP contribution in [0.25, 0.3) is 11.4 Å². The summed E-state index contributed by atoms with van der Waals surface area (Å²) in [7, 11) is 0. The number of nitrogens with two attached hydrogens (primary N) is 1. The highest BCUT2D eigenvalue weighted by Gasteiger charge is 2.49. The summed E-state index contributed by atoms with van der Waals surface area (Å²) in [6.45, 7) is 1.82. The first-order chi connectivity index (χ1) is 9.54. The molecule has 1 saturated carbocycles. The zero-order valence-electron chi connectivity index (χ0n) is 10.9. The number of nitrogens with zero attached hydrogens (tertiary/aromatic N) is 3. The van der Waals surface area contributed by atoms with Gasteiger partial charge in [-0.1, -0.05) is 0 Å². The molecule has 0 bridgehead atoms. The number of anilines is 1. The van der Waals surface area contributed by atoms with E-state index in [0.29, 0.717) is 35.7 Å². The van der Waals surface area contributed by atoms with Crippen molar-refractivity contribution in [2.45, 2.75) is 24.5 Å². The van der Waals surface area contributed by atoms with Crippen molar-refractivity contribution in [1.29, 1.82) is 0 Å². The van der Waals surface area contributed by atoms with Crippen molar-refractivity contribution in [2.24, 2.45) is 0 Å². The summed E-state index contributed by atoms with van der Waals surface area (Å²) in [6, 6.07) is 3.52. The third-order valence-corrected chi connectivity index (χ3v) is 4.75. The molecule has 1 aliphatic rings. The summed E-state index contributed by atoms with van der Waals surface area (Å²) in [4.78, 5) is 12.7. The molecule has 3 rings (SSSR count). The molecule has 104 valence electrons. The monoisotopic (exact) mass is 289 g/mol. The highest BCUT2D eigenvalue weighted by molar-refractivity contribution is 7.80. The zero-order valence-corrected chi connectivity index (χ0v) is 11.7. The lowest BCUT2D eigenvalue weighted by atomic mass is 10.1. The average molecular weight is 289 g/mol. The van der Waals surface area contributed by atoms with E-state index >= 15 is 0 Å². The van der Waals surface area contributed by atoms with Crippen LogP contribution < -0.4 is 5.73 Å². The molecule has 0 aliphatic heterocycles. The van der Waals surface area contributed by atoms with Gasteiger partial charge in [0.05, 0.1) is 10.4 Å². The standard InChI is InChI=1S/C13H14N4O2S/c1-8-7-16-12(17-11(8)14)9-3-2-6-15-10(9)13(4-5-13)20(18)19/h2-3,6-7H,4-5H2,1H3,(H,18,19)(H2,14,16,17)/p-1. The van der Waals surface area contributed by atoms with Crippen LogP contribution in [0.15, 0.2) is 24.5 Å². The van der Waals surface area contributed by atoms with Crippen molar-refractivity contribution in [2.75, 3.05) is 5.73 Å². The predicted molar refractivity (Wildman–Crippen MR) is 74.2 cm³/mol. The van der Waals surface area contributed by atoms with Gasteiger partial charge in [0.15, 0.2) is 5.82 Å². The molecular formula is C13H13N4O2S-. The fraction of sp³-hybridized carbons (Fsp3) is 0.308. The molecule has 1 unspecified atom stereocenters. The molecular weight excluding hydrogens is 276 g/mol. The lowest BCUT2D eigenvalue weighted by Gasteiger charge is -2.20. The maximum Gasteiger partial charge on any atom is 0.163 e. The van der Waals surface area contributed by atoms with Gasteiger partial charge in [0.25, 0.3) is 0 Å². The van der Waals surface area contributed by atoms with Crippen molar-refractivity contribution in [3.63, 3.8) is 0 Å². The molecule has 0 radical (unpaired) electrons. The van der Waals surface area contributed by atoms with E-state index in [9.17, 15) is 8.76 Å². The van der Waals surface area contributed by atoms with Crippen LogP contribution in [0.5, 0.6) is 0 Å². The molecule has 6 nitrogen and oxygen atoms in total. The molecule has 2 aromatic rings. The third kappa shape index (κ3) is 1.99. The van der Waals surface area contributed by atoms with E-state index in [1.165, 1.54) is 0 Å². The minimum Gasteiger partial charge on any atom is -0.772 e. The van der Waals surface area contributed by atoms with E-state index < -0.39 is 15.8 Å². The van der Waals surface area contributed by atoms with Gasteiger partial charge in [0, 0.05) is 23.5 Å². The molecule has 2 N–H and O–H groups in total. The Bertz CT molecular complexity index is 701. The van der Waals surface area contributed by atoms with Gasteiger partial charge >= 0.3 is 0 Å². The Labute approximate surface area is 118 Å². The Hall–Kier alpha value is -1.86. The molecule has 0 amide bonds. The van der Waals surface area contributed by atoms with Crippen molar-refractivity contribution in [3.05, 3.63) is 35.8 Å². The van der Waals surface area contributed by atoms with Crippen LogP contribution in [0.1, 0.15) is 24.1 Å². The molecule has 7 heteroatoms. The van der Waals surface area contributed by atoms with Gasteiger partial charge in [0.1, 0.15) is 5.82 Å². The number of aromatic nitrogens is 3. The van der Waals surface area contributed by atoms with Crippen LogP contribution >= 0.6 is 0 Å². The molecule has 0 spiro atoms. The van der Waals surface area contributed by atoms with Gasteiger partial charge in [-0.15, -0.1) is 0 Å². The molecule has 0 aromatic carbocycles. The minimum absolute atomic E-state index is 0.387. The quantitative estimate of drug-likeness (QED) is 0.854. The molecule has 2 heterocycles. The number of hydrogen-bond donors (Lipinski definition) is 1. The van der Waals surface area contributed by atoms with Crippen molar-refractivity contribution in [1.82, 2.24) is 15.0 Å². The van der Waals surface area contributed by atoms with Crippen LogP contribution in [0.3, 0.4) is 0 Å². The Morgan fingerprint density at radius 1 is 1.40 bits per heavy atom. The summed E-state index contributed by atoms with van der Waals surface area (Å²) in [5, 5.41) is 0. The van der Waals surface area contributed by atoms with Gasteiger partial charge in [-0.25, -0.2) is 9.97 Å². The van der Waals surface area contributed by atoms with Crippen molar-refractivity contribution in [3.8, 4) is 11.4 Å². The van der Waals surface area contributed by atoms with Gasteiger partial charge in [-0.2, -0.15) is 0 Å². The molecule has 1 atom stereocenters. The number of pyridine rings is 1. The van der Waals surface area contributed by atoms with Gasteiger partial charge in [0.2, 0.25) is 0 Å². The first kappa shape index (κ1) is 13.1. The largest absolute Gasteiger partial charge is 0.772 e. The summed E-state index contributed by atoms with van der Waals surface area (Å²) in [6.07, 6.45) is 4.37. The number of nitrogen functional groups attached to an aromatic ring is 1. The van der Waals surface area contributed by atoms with Crippen LogP contribution in [-0.4, -0.2) is 23.7 Å². The Morgan fingerprint density at radius 3 is 2.75 bits per heavy atom. The second-order valence-electron chi connectivity index (χ2n) is 4.89. The van der Waals surface area contributed by atoms with E-state index in [1.54, 1.807) is 24.5 Å². The molecule has 20 heavy (non-hydrogen) atoms. The lowest BCUT2D eigenvalue weighted by Crippen LogP contribution is -2.17. The lowest BCUT2D eigenvalue weighted by molar-refractivity contribution is 0.519. The van der Waals surface area contributed by atoms with Crippen molar-refractivity contribution >= 4 is 16.9 Å². The smallest absolute Gasteiger partial charge is 0.163 e. The molecule has 2 aromatic heterocycles. The highest BCUT2D eigenvalue weighted by Crippen LogP contribution is 2.51. The maximum absolute atomic E-state index is 11.5. The third-order valence-electron chi connectivity index (χ3n) is 3.51. The maximum atomic E-state index is 11.5. The second kappa shape index (κ2) is 4.60. The average Bonchev–Trinajstić information content (AvgIpc) is 3.23. The minimum atomic E-state index is -2.21. The SMILES string of the molecule is Cc1cnc(-c2cccnc2C2(S(=O)[O-])CC2)nc1N. The van der Waals surface area contributed by atoms with E-state index in [4.69, 9.17) is 5.73 Å². The van der Waals surface area contributed by atoms with E-state index in [-0.39, 0.29) is 0 Å². The topological polar surface area (TPSA) is 105 Å². The second-order valence-corrected chi connectivity index (χ2v) is 6.14. The van der Waals surface area contributed by atoms with E-state index in [0.717, 1.165) is 5.56 Å². The van der Waals surface area contributed by atoms with Crippen LogP contribution in [0.4, 0.5) is 5.82 Å². The predicted octanol–water partition coefficient (Wildman–Crippen LogP) is 1.30. The van der Waals surface area contributed by atoms with E-state index in [1.807, 2.05) is 6.92 Å². The Balaban J connectivity index is 2.15. The zero-order chi connectivity index (χ0) is 14.3. The van der Waals surface area contributed by atoms with Crippen LogP contribution in [0.2, 0.25) is 0 Å². The summed E-state index contributed by atoms with van der Waals surface area (Å²) >= 11 is -2.21. The molecule has 0 saturated heterocycles. The van der Waals surface area contributed by atoms with Gasteiger partial charge < -0.3 is 10.3 Å². The number of hydrogen-bond acceptors (Lipinski definition) is 6. The fourth-order valence-electron chi connectivity index (χ4n) is 2.13. The Kier molecular flexibility index (Phi) is 3.02. The number of aryl methyl sites for hydroxylation is 1. The van der Waals surface area contributed by atoms with Gasteiger partial charge in [-0.05, 0) is 43.0 Å². The molecule has 1 fully saturated rings. The first-order valence-corrected chi connectivity index (χ1v) is 7.26. The van der Waals surface area contributed by atoms with Gasteiger partial charge in [-0.3, -0.25) is 9.19 Å². The van der Waals surface area contributed by atoms with Crippen molar-refractivity contribution < 1.29 is 8.76 Å². The van der Waals surface area contributed by atoms with E-state index in [2.05, 4.69) is 15.0 Å². The summed E-state index contributed by atoms with van der Waals surface area (Å²) < 4.78 is 22.1. The normalized spacial score (nSPS) is 17.7. The summed E-state index contributed by atoms with van der Waals surface area (Å²) in [5.41, 5.74) is 7.72. The van der Waals surface area contributed by atoms with Crippen LogP contribution in [0, 0.1) is 6.92 Å². The van der Waals surface area contributed by atoms with Crippen LogP contribution in [-0.2, 0) is 15.8 Å². The fourth-order valence-corrected chi connectivity index (χ4v) is 2.89. The summed E-state index contributed by atoms with van der Waals surface area (Å²) in [5.74, 6) is 0.797. The first-order valence-electron chi connectivity index (χ1n) is 6.19. The number of rotatable bonds is 3. The Morgan fingerprint density at radius 2 is 2.15 bits per heavy atom. The highest BCUT2D eigenvalue weighted by atomic mass is 32.2. The molecule has 1 aliphatic carbocycles.